The minimum atomic E-state index is -3.67. The van der Waals surface area contributed by atoms with Crippen LogP contribution in [0.5, 0.6) is 5.75 Å². The molecule has 0 saturated carbocycles. The van der Waals surface area contributed by atoms with Crippen molar-refractivity contribution in [3.05, 3.63) is 24.3 Å². The van der Waals surface area contributed by atoms with E-state index in [1.165, 1.54) is 23.5 Å². The maximum absolute atomic E-state index is 12.2. The summed E-state index contributed by atoms with van der Waals surface area (Å²) in [4.78, 5) is 0.122. The summed E-state index contributed by atoms with van der Waals surface area (Å²) in [5.74, 6) is 0.568. The number of hydrogen-bond acceptors (Lipinski definition) is 5. The smallest absolute Gasteiger partial charge is 0.240 e. The number of rotatable bonds is 6. The van der Waals surface area contributed by atoms with Crippen LogP contribution in [0.2, 0.25) is 0 Å². The lowest BCUT2D eigenvalue weighted by Crippen LogP contribution is -2.42. The van der Waals surface area contributed by atoms with Crippen LogP contribution in [0.15, 0.2) is 29.2 Å². The average molecular weight is 348 g/mol. The first-order valence-corrected chi connectivity index (χ1v) is 10.2. The van der Waals surface area contributed by atoms with Crippen molar-refractivity contribution >= 4 is 20.0 Å². The van der Waals surface area contributed by atoms with Gasteiger partial charge in [0.05, 0.1) is 18.3 Å². The number of benzene rings is 1. The highest BCUT2D eigenvalue weighted by atomic mass is 32.2. The fourth-order valence-electron chi connectivity index (χ4n) is 2.49. The van der Waals surface area contributed by atoms with Crippen molar-refractivity contribution in [1.82, 2.24) is 9.03 Å². The van der Waals surface area contributed by atoms with E-state index < -0.39 is 20.0 Å². The molecule has 124 valence electrons. The van der Waals surface area contributed by atoms with Crippen molar-refractivity contribution in [1.29, 1.82) is 0 Å². The first kappa shape index (κ1) is 17.2. The van der Waals surface area contributed by atoms with Gasteiger partial charge in [0, 0.05) is 19.1 Å². The average Bonchev–Trinajstić information content (AvgIpc) is 2.94. The quantitative estimate of drug-likeness (QED) is 0.803. The second kappa shape index (κ2) is 6.53. The second-order valence-electron chi connectivity index (χ2n) is 5.20. The molecule has 1 aliphatic heterocycles. The van der Waals surface area contributed by atoms with Gasteiger partial charge in [-0.15, -0.1) is 0 Å². The van der Waals surface area contributed by atoms with Crippen LogP contribution in [0.25, 0.3) is 0 Å². The summed E-state index contributed by atoms with van der Waals surface area (Å²) in [5, 5.41) is 0. The van der Waals surface area contributed by atoms with E-state index in [0.717, 1.165) is 12.7 Å². The fraction of sp³-hybridized carbons (Fsp3) is 0.538. The Kier molecular flexibility index (Phi) is 5.10. The van der Waals surface area contributed by atoms with E-state index in [0.29, 0.717) is 18.7 Å². The molecule has 0 aliphatic carbocycles. The molecule has 1 atom stereocenters. The topological polar surface area (TPSA) is 92.8 Å². The molecule has 22 heavy (non-hydrogen) atoms. The number of methoxy groups -OCH3 is 1. The second-order valence-corrected chi connectivity index (χ2v) is 8.90. The molecule has 1 aliphatic rings. The van der Waals surface area contributed by atoms with Crippen LogP contribution in [-0.2, 0) is 20.0 Å². The number of nitrogens with zero attached hydrogens (tertiary/aromatic N) is 1. The van der Waals surface area contributed by atoms with Gasteiger partial charge in [0.25, 0.3) is 0 Å². The predicted octanol–water partition coefficient (Wildman–Crippen LogP) is 0.398. The highest BCUT2D eigenvalue weighted by Crippen LogP contribution is 2.21. The molecule has 0 spiro atoms. The summed E-state index contributed by atoms with van der Waals surface area (Å²) in [5.41, 5.74) is 0. The Morgan fingerprint density at radius 1 is 1.23 bits per heavy atom. The number of ether oxygens (including phenoxy) is 1. The molecule has 1 aromatic rings. The third-order valence-corrected chi connectivity index (χ3v) is 6.40. The summed E-state index contributed by atoms with van der Waals surface area (Å²) in [6.45, 7) is 0.509. The van der Waals surface area contributed by atoms with Crippen molar-refractivity contribution in [2.45, 2.75) is 23.8 Å². The minimum Gasteiger partial charge on any atom is -0.497 e. The SMILES string of the molecule is COc1ccc(S(=O)(=O)NCC2CCCN2S(C)(=O)=O)cc1. The molecular weight excluding hydrogens is 328 g/mol. The van der Waals surface area contributed by atoms with Gasteiger partial charge in [0.15, 0.2) is 0 Å². The lowest BCUT2D eigenvalue weighted by molar-refractivity contribution is 0.388. The molecule has 0 amide bonds. The number of nitrogens with one attached hydrogen (secondary N) is 1. The Morgan fingerprint density at radius 2 is 1.86 bits per heavy atom. The summed E-state index contributed by atoms with van der Waals surface area (Å²) >= 11 is 0. The van der Waals surface area contributed by atoms with Gasteiger partial charge in [-0.25, -0.2) is 21.6 Å². The van der Waals surface area contributed by atoms with E-state index >= 15 is 0 Å². The minimum absolute atomic E-state index is 0.0709. The molecule has 1 saturated heterocycles. The van der Waals surface area contributed by atoms with E-state index in [1.807, 2.05) is 0 Å². The largest absolute Gasteiger partial charge is 0.497 e. The first-order chi connectivity index (χ1) is 10.2. The fourth-order valence-corrected chi connectivity index (χ4v) is 4.75. The zero-order chi connectivity index (χ0) is 16.4. The lowest BCUT2D eigenvalue weighted by atomic mass is 10.2. The van der Waals surface area contributed by atoms with Crippen LogP contribution >= 0.6 is 0 Å². The molecule has 1 heterocycles. The first-order valence-electron chi connectivity index (χ1n) is 6.84. The van der Waals surface area contributed by atoms with Gasteiger partial charge in [-0.3, -0.25) is 0 Å². The van der Waals surface area contributed by atoms with Crippen LogP contribution in [0.3, 0.4) is 0 Å². The standard InChI is InChI=1S/C13H20N2O5S2/c1-20-12-5-7-13(8-6-12)22(18,19)14-10-11-4-3-9-15(11)21(2,16)17/h5-8,11,14H,3-4,9-10H2,1-2H3. The van der Waals surface area contributed by atoms with Crippen molar-refractivity contribution in [2.75, 3.05) is 26.5 Å². The Labute approximate surface area is 131 Å². The van der Waals surface area contributed by atoms with Crippen LogP contribution in [0, 0.1) is 0 Å². The van der Waals surface area contributed by atoms with E-state index in [9.17, 15) is 16.8 Å². The third kappa shape index (κ3) is 3.97. The van der Waals surface area contributed by atoms with Crippen LogP contribution in [-0.4, -0.2) is 53.6 Å². The monoisotopic (exact) mass is 348 g/mol. The zero-order valence-electron chi connectivity index (χ0n) is 12.5. The summed E-state index contributed by atoms with van der Waals surface area (Å²) in [7, 11) is -5.48. The summed E-state index contributed by atoms with van der Waals surface area (Å²) in [6, 6.07) is 5.69. The van der Waals surface area contributed by atoms with E-state index in [-0.39, 0.29) is 17.5 Å². The Balaban J connectivity index is 2.06. The highest BCUT2D eigenvalue weighted by molar-refractivity contribution is 7.89. The number of sulfonamides is 2. The van der Waals surface area contributed by atoms with E-state index in [2.05, 4.69) is 4.72 Å². The van der Waals surface area contributed by atoms with Crippen LogP contribution in [0.4, 0.5) is 0 Å². The molecule has 0 aromatic heterocycles. The van der Waals surface area contributed by atoms with E-state index in [1.54, 1.807) is 12.1 Å². The Bertz CT molecular complexity index is 713. The van der Waals surface area contributed by atoms with Gasteiger partial charge in [0.2, 0.25) is 20.0 Å². The van der Waals surface area contributed by atoms with Gasteiger partial charge >= 0.3 is 0 Å². The maximum atomic E-state index is 12.2. The summed E-state index contributed by atoms with van der Waals surface area (Å²) < 4.78 is 56.6. The molecule has 1 unspecified atom stereocenters. The zero-order valence-corrected chi connectivity index (χ0v) is 14.2. The van der Waals surface area contributed by atoms with Gasteiger partial charge in [-0.1, -0.05) is 0 Å². The molecule has 7 nitrogen and oxygen atoms in total. The van der Waals surface area contributed by atoms with Gasteiger partial charge < -0.3 is 4.74 Å². The predicted molar refractivity (Wildman–Crippen MR) is 82.8 cm³/mol. The maximum Gasteiger partial charge on any atom is 0.240 e. The van der Waals surface area contributed by atoms with Crippen molar-refractivity contribution in [3.63, 3.8) is 0 Å². The molecule has 2 rings (SSSR count). The Morgan fingerprint density at radius 3 is 2.41 bits per heavy atom. The van der Waals surface area contributed by atoms with Gasteiger partial charge in [-0.2, -0.15) is 4.31 Å². The van der Waals surface area contributed by atoms with Gasteiger partial charge in [-0.05, 0) is 37.1 Å². The normalized spacial score (nSPS) is 20.2. The van der Waals surface area contributed by atoms with Crippen LogP contribution < -0.4 is 9.46 Å². The summed E-state index contributed by atoms with van der Waals surface area (Å²) in [6.07, 6.45) is 2.53. The van der Waals surface area contributed by atoms with E-state index in [4.69, 9.17) is 4.74 Å². The highest BCUT2D eigenvalue weighted by Gasteiger charge is 2.32. The lowest BCUT2D eigenvalue weighted by Gasteiger charge is -2.22. The molecule has 1 aromatic carbocycles. The molecule has 9 heteroatoms. The molecule has 1 N–H and O–H groups in total. The Hall–Kier alpha value is -1.16. The molecular formula is C13H20N2O5S2. The van der Waals surface area contributed by atoms with Crippen LogP contribution in [0.1, 0.15) is 12.8 Å². The van der Waals surface area contributed by atoms with Crippen molar-refractivity contribution < 1.29 is 21.6 Å². The van der Waals surface area contributed by atoms with Crippen molar-refractivity contribution in [2.24, 2.45) is 0 Å². The number of hydrogen-bond donors (Lipinski definition) is 1. The third-order valence-electron chi connectivity index (χ3n) is 3.63. The van der Waals surface area contributed by atoms with Crippen molar-refractivity contribution in [3.8, 4) is 5.75 Å². The molecule has 1 fully saturated rings. The molecule has 0 radical (unpaired) electrons. The van der Waals surface area contributed by atoms with Gasteiger partial charge in [0.1, 0.15) is 5.75 Å². The molecule has 0 bridgehead atoms.